The SMILES string of the molecule is Cc1ccc2c(CCNc3cc(N4CCCC4CO)ncn3)c[nH]c2c1. The maximum Gasteiger partial charge on any atom is 0.134 e. The first kappa shape index (κ1) is 16.8. The highest BCUT2D eigenvalue weighted by atomic mass is 16.3. The summed E-state index contributed by atoms with van der Waals surface area (Å²) in [5.41, 5.74) is 3.76. The van der Waals surface area contributed by atoms with Crippen molar-refractivity contribution in [3.8, 4) is 0 Å². The average molecular weight is 351 g/mol. The quantitative estimate of drug-likeness (QED) is 0.637. The second-order valence-electron chi connectivity index (χ2n) is 6.97. The molecule has 136 valence electrons. The fourth-order valence-corrected chi connectivity index (χ4v) is 3.76. The molecule has 1 fully saturated rings. The molecule has 3 aromatic rings. The van der Waals surface area contributed by atoms with Gasteiger partial charge >= 0.3 is 0 Å². The van der Waals surface area contributed by atoms with Gasteiger partial charge in [0.25, 0.3) is 0 Å². The van der Waals surface area contributed by atoms with Crippen molar-refractivity contribution >= 4 is 22.5 Å². The summed E-state index contributed by atoms with van der Waals surface area (Å²) in [4.78, 5) is 14.2. The van der Waals surface area contributed by atoms with Crippen LogP contribution in [0.4, 0.5) is 11.6 Å². The molecule has 1 saturated heterocycles. The molecule has 0 radical (unpaired) electrons. The van der Waals surface area contributed by atoms with E-state index in [-0.39, 0.29) is 12.6 Å². The van der Waals surface area contributed by atoms with Gasteiger partial charge in [0, 0.05) is 36.3 Å². The second kappa shape index (κ2) is 7.33. The van der Waals surface area contributed by atoms with Crippen LogP contribution < -0.4 is 10.2 Å². The Morgan fingerprint density at radius 1 is 1.31 bits per heavy atom. The van der Waals surface area contributed by atoms with Crippen LogP contribution in [0.25, 0.3) is 10.9 Å². The lowest BCUT2D eigenvalue weighted by molar-refractivity contribution is 0.266. The first-order chi connectivity index (χ1) is 12.7. The van der Waals surface area contributed by atoms with Crippen LogP contribution in [0.1, 0.15) is 24.0 Å². The van der Waals surface area contributed by atoms with Crippen LogP contribution >= 0.6 is 0 Å². The summed E-state index contributed by atoms with van der Waals surface area (Å²) in [5.74, 6) is 1.72. The summed E-state index contributed by atoms with van der Waals surface area (Å²) in [6, 6.07) is 8.66. The van der Waals surface area contributed by atoms with Crippen LogP contribution in [0.15, 0.2) is 36.8 Å². The predicted octanol–water partition coefficient (Wildman–Crippen LogP) is 2.88. The van der Waals surface area contributed by atoms with E-state index in [9.17, 15) is 5.11 Å². The Labute approximate surface area is 153 Å². The molecule has 1 unspecified atom stereocenters. The third-order valence-electron chi connectivity index (χ3n) is 5.16. The summed E-state index contributed by atoms with van der Waals surface area (Å²) in [6.07, 6.45) is 6.72. The van der Waals surface area contributed by atoms with Crippen molar-refractivity contribution in [3.05, 3.63) is 47.9 Å². The van der Waals surface area contributed by atoms with Gasteiger partial charge in [-0.2, -0.15) is 0 Å². The third-order valence-corrected chi connectivity index (χ3v) is 5.16. The minimum absolute atomic E-state index is 0.173. The Kier molecular flexibility index (Phi) is 4.75. The second-order valence-corrected chi connectivity index (χ2v) is 6.97. The van der Waals surface area contributed by atoms with E-state index < -0.39 is 0 Å². The number of fused-ring (bicyclic) bond motifs is 1. The van der Waals surface area contributed by atoms with Gasteiger partial charge in [0.2, 0.25) is 0 Å². The number of benzene rings is 1. The Hall–Kier alpha value is -2.60. The number of anilines is 2. The van der Waals surface area contributed by atoms with E-state index in [2.05, 4.69) is 56.5 Å². The lowest BCUT2D eigenvalue weighted by atomic mass is 10.1. The first-order valence-electron chi connectivity index (χ1n) is 9.24. The number of nitrogens with one attached hydrogen (secondary N) is 2. The van der Waals surface area contributed by atoms with Crippen LogP contribution in [0.2, 0.25) is 0 Å². The maximum absolute atomic E-state index is 9.51. The first-order valence-corrected chi connectivity index (χ1v) is 9.24. The zero-order chi connectivity index (χ0) is 17.9. The Morgan fingerprint density at radius 2 is 2.23 bits per heavy atom. The van der Waals surface area contributed by atoms with Crippen LogP contribution in [0, 0.1) is 6.92 Å². The minimum Gasteiger partial charge on any atom is -0.394 e. The van der Waals surface area contributed by atoms with Crippen molar-refractivity contribution in [2.24, 2.45) is 0 Å². The summed E-state index contributed by atoms with van der Waals surface area (Å²) in [5, 5.41) is 14.2. The number of aromatic nitrogens is 3. The molecule has 3 N–H and O–H groups in total. The predicted molar refractivity (Wildman–Crippen MR) is 105 cm³/mol. The number of hydrogen-bond donors (Lipinski definition) is 3. The molecule has 4 rings (SSSR count). The number of hydrogen-bond acceptors (Lipinski definition) is 5. The lowest BCUT2D eigenvalue weighted by Crippen LogP contribution is -2.32. The van der Waals surface area contributed by atoms with Crippen LogP contribution in [-0.4, -0.2) is 45.8 Å². The van der Waals surface area contributed by atoms with E-state index in [0.717, 1.165) is 44.0 Å². The minimum atomic E-state index is 0.173. The molecule has 1 atom stereocenters. The molecule has 26 heavy (non-hydrogen) atoms. The fourth-order valence-electron chi connectivity index (χ4n) is 3.76. The van der Waals surface area contributed by atoms with Crippen LogP contribution in [0.5, 0.6) is 0 Å². The standard InChI is InChI=1S/C20H25N5O/c1-14-4-5-17-15(11-22-18(17)9-14)6-7-21-19-10-20(24-13-23-19)25-8-2-3-16(25)12-26/h4-5,9-11,13,16,22,26H,2-3,6-8,12H2,1H3,(H,21,23,24). The molecular formula is C20H25N5O. The maximum atomic E-state index is 9.51. The van der Waals surface area contributed by atoms with Crippen molar-refractivity contribution in [2.75, 3.05) is 29.9 Å². The van der Waals surface area contributed by atoms with E-state index in [1.807, 2.05) is 6.07 Å². The van der Waals surface area contributed by atoms with Crippen molar-refractivity contribution < 1.29 is 5.11 Å². The fraction of sp³-hybridized carbons (Fsp3) is 0.400. The monoisotopic (exact) mass is 351 g/mol. The summed E-state index contributed by atoms with van der Waals surface area (Å²) in [6.45, 7) is 4.03. The summed E-state index contributed by atoms with van der Waals surface area (Å²) < 4.78 is 0. The van der Waals surface area contributed by atoms with Gasteiger partial charge in [0.15, 0.2) is 0 Å². The normalized spacial score (nSPS) is 17.2. The number of nitrogens with zero attached hydrogens (tertiary/aromatic N) is 3. The number of aliphatic hydroxyl groups excluding tert-OH is 1. The number of aliphatic hydroxyl groups is 1. The zero-order valence-electron chi connectivity index (χ0n) is 15.1. The van der Waals surface area contributed by atoms with Gasteiger partial charge in [0.05, 0.1) is 12.6 Å². The Bertz CT molecular complexity index is 891. The van der Waals surface area contributed by atoms with Gasteiger partial charge < -0.3 is 20.3 Å². The van der Waals surface area contributed by atoms with Crippen molar-refractivity contribution in [1.29, 1.82) is 0 Å². The smallest absolute Gasteiger partial charge is 0.134 e. The van der Waals surface area contributed by atoms with Gasteiger partial charge in [-0.3, -0.25) is 0 Å². The van der Waals surface area contributed by atoms with Crippen LogP contribution in [-0.2, 0) is 6.42 Å². The highest BCUT2D eigenvalue weighted by molar-refractivity contribution is 5.83. The summed E-state index contributed by atoms with van der Waals surface area (Å²) in [7, 11) is 0. The molecule has 0 spiro atoms. The average Bonchev–Trinajstić information content (AvgIpc) is 3.28. The molecule has 1 aliphatic rings. The molecule has 1 aromatic carbocycles. The van der Waals surface area contributed by atoms with E-state index in [1.165, 1.54) is 22.0 Å². The van der Waals surface area contributed by atoms with Crippen LogP contribution in [0.3, 0.4) is 0 Å². The van der Waals surface area contributed by atoms with Gasteiger partial charge in [-0.25, -0.2) is 9.97 Å². The number of rotatable bonds is 6. The number of aryl methyl sites for hydroxylation is 1. The molecular weight excluding hydrogens is 326 g/mol. The van der Waals surface area contributed by atoms with Gasteiger partial charge in [0.1, 0.15) is 18.0 Å². The van der Waals surface area contributed by atoms with E-state index in [1.54, 1.807) is 6.33 Å². The van der Waals surface area contributed by atoms with Crippen molar-refractivity contribution in [1.82, 2.24) is 15.0 Å². The third kappa shape index (κ3) is 3.37. The molecule has 2 aromatic heterocycles. The van der Waals surface area contributed by atoms with E-state index in [4.69, 9.17) is 0 Å². The number of H-pyrrole nitrogens is 1. The van der Waals surface area contributed by atoms with E-state index in [0.29, 0.717) is 0 Å². The highest BCUT2D eigenvalue weighted by Crippen LogP contribution is 2.25. The van der Waals surface area contributed by atoms with E-state index >= 15 is 0 Å². The molecule has 0 amide bonds. The van der Waals surface area contributed by atoms with Gasteiger partial charge in [-0.05, 0) is 43.4 Å². The molecule has 6 nitrogen and oxygen atoms in total. The molecule has 6 heteroatoms. The molecule has 1 aliphatic heterocycles. The summed E-state index contributed by atoms with van der Waals surface area (Å²) >= 11 is 0. The van der Waals surface area contributed by atoms with Gasteiger partial charge in [-0.1, -0.05) is 12.1 Å². The molecule has 0 aliphatic carbocycles. The lowest BCUT2D eigenvalue weighted by Gasteiger charge is -2.24. The number of aromatic amines is 1. The van der Waals surface area contributed by atoms with Gasteiger partial charge in [-0.15, -0.1) is 0 Å². The van der Waals surface area contributed by atoms with Crippen molar-refractivity contribution in [2.45, 2.75) is 32.2 Å². The highest BCUT2D eigenvalue weighted by Gasteiger charge is 2.25. The molecule has 0 saturated carbocycles. The Morgan fingerprint density at radius 3 is 3.12 bits per heavy atom. The largest absolute Gasteiger partial charge is 0.394 e. The zero-order valence-corrected chi connectivity index (χ0v) is 15.1. The Balaban J connectivity index is 1.41. The molecule has 3 heterocycles. The topological polar surface area (TPSA) is 77.1 Å². The van der Waals surface area contributed by atoms with Crippen molar-refractivity contribution in [3.63, 3.8) is 0 Å². The molecule has 0 bridgehead atoms.